The summed E-state index contributed by atoms with van der Waals surface area (Å²) in [6.45, 7) is 3.95. The molecule has 0 aromatic heterocycles. The molecule has 1 atom stereocenters. The van der Waals surface area contributed by atoms with E-state index in [1.54, 1.807) is 18.7 Å². The average molecular weight is 204 g/mol. The topological polar surface area (TPSA) is 57.5 Å². The summed E-state index contributed by atoms with van der Waals surface area (Å²) in [6, 6.07) is 0. The van der Waals surface area contributed by atoms with E-state index in [4.69, 9.17) is 10.2 Å². The van der Waals surface area contributed by atoms with Crippen LogP contribution in [0.25, 0.3) is 0 Å². The SMILES string of the molecule is CC(=CC(=O)O)CSCC(C)CO. The molecule has 0 saturated heterocycles. The summed E-state index contributed by atoms with van der Waals surface area (Å²) in [5, 5.41) is 17.1. The van der Waals surface area contributed by atoms with Gasteiger partial charge in [-0.2, -0.15) is 11.8 Å². The van der Waals surface area contributed by atoms with Gasteiger partial charge in [-0.05, 0) is 18.6 Å². The third kappa shape index (κ3) is 7.87. The Bertz CT molecular complexity index is 189. The molecule has 76 valence electrons. The number of aliphatic hydroxyl groups is 1. The van der Waals surface area contributed by atoms with E-state index in [0.717, 1.165) is 17.1 Å². The van der Waals surface area contributed by atoms with Crippen LogP contribution in [0.5, 0.6) is 0 Å². The van der Waals surface area contributed by atoms with Crippen molar-refractivity contribution < 1.29 is 15.0 Å². The number of thioether (sulfide) groups is 1. The highest BCUT2D eigenvalue weighted by Crippen LogP contribution is 2.11. The van der Waals surface area contributed by atoms with Crippen LogP contribution in [0.4, 0.5) is 0 Å². The summed E-state index contributed by atoms with van der Waals surface area (Å²) in [4.78, 5) is 10.2. The Morgan fingerprint density at radius 1 is 1.62 bits per heavy atom. The van der Waals surface area contributed by atoms with Gasteiger partial charge in [0.25, 0.3) is 0 Å². The Morgan fingerprint density at radius 3 is 2.69 bits per heavy atom. The number of rotatable bonds is 6. The molecule has 0 aliphatic heterocycles. The summed E-state index contributed by atoms with van der Waals surface area (Å²) in [7, 11) is 0. The second kappa shape index (κ2) is 6.97. The molecule has 0 bridgehead atoms. The smallest absolute Gasteiger partial charge is 0.328 e. The number of hydrogen-bond acceptors (Lipinski definition) is 3. The molecule has 0 aromatic rings. The van der Waals surface area contributed by atoms with Crippen LogP contribution in [-0.2, 0) is 4.79 Å². The summed E-state index contributed by atoms with van der Waals surface area (Å²) in [5.74, 6) is 0.966. The molecule has 0 amide bonds. The summed E-state index contributed by atoms with van der Waals surface area (Å²) < 4.78 is 0. The van der Waals surface area contributed by atoms with E-state index in [-0.39, 0.29) is 12.5 Å². The second-order valence-electron chi connectivity index (χ2n) is 3.13. The molecule has 0 saturated carbocycles. The molecule has 2 N–H and O–H groups in total. The molecule has 0 aromatic carbocycles. The molecule has 0 aliphatic carbocycles. The Hall–Kier alpha value is -0.480. The third-order valence-electron chi connectivity index (χ3n) is 1.41. The zero-order valence-electron chi connectivity index (χ0n) is 7.99. The molecular weight excluding hydrogens is 188 g/mol. The first kappa shape index (κ1) is 12.5. The Labute approximate surface area is 82.8 Å². The Kier molecular flexibility index (Phi) is 6.72. The first-order chi connectivity index (χ1) is 6.06. The van der Waals surface area contributed by atoms with Crippen LogP contribution in [0.1, 0.15) is 13.8 Å². The van der Waals surface area contributed by atoms with Crippen LogP contribution < -0.4 is 0 Å². The van der Waals surface area contributed by atoms with Gasteiger partial charge in [-0.25, -0.2) is 4.79 Å². The quantitative estimate of drug-likeness (QED) is 0.642. The minimum Gasteiger partial charge on any atom is -0.478 e. The molecule has 0 rings (SSSR count). The molecule has 4 heteroatoms. The fourth-order valence-electron chi connectivity index (χ4n) is 0.726. The third-order valence-corrected chi connectivity index (χ3v) is 2.88. The van der Waals surface area contributed by atoms with Gasteiger partial charge in [0.2, 0.25) is 0 Å². The van der Waals surface area contributed by atoms with Crippen molar-refractivity contribution in [2.45, 2.75) is 13.8 Å². The number of carboxylic acid groups (broad SMARTS) is 1. The largest absolute Gasteiger partial charge is 0.478 e. The van der Waals surface area contributed by atoms with Gasteiger partial charge in [-0.3, -0.25) is 0 Å². The highest BCUT2D eigenvalue weighted by Gasteiger charge is 2.00. The first-order valence-corrected chi connectivity index (χ1v) is 5.30. The predicted octanol–water partition coefficient (Wildman–Crippen LogP) is 1.38. The summed E-state index contributed by atoms with van der Waals surface area (Å²) in [6.07, 6.45) is 1.22. The standard InChI is InChI=1S/C9H16O3S/c1-7(3-9(11)12)5-13-6-8(2)4-10/h3,8,10H,4-6H2,1-2H3,(H,11,12). The van der Waals surface area contributed by atoms with Gasteiger partial charge in [0, 0.05) is 18.4 Å². The van der Waals surface area contributed by atoms with Crippen molar-refractivity contribution in [2.24, 2.45) is 5.92 Å². The van der Waals surface area contributed by atoms with E-state index in [0.29, 0.717) is 0 Å². The van der Waals surface area contributed by atoms with E-state index in [2.05, 4.69) is 0 Å². The molecule has 0 fully saturated rings. The minimum atomic E-state index is -0.895. The number of aliphatic carboxylic acids is 1. The van der Waals surface area contributed by atoms with Crippen molar-refractivity contribution in [3.63, 3.8) is 0 Å². The van der Waals surface area contributed by atoms with Crippen molar-refractivity contribution in [3.05, 3.63) is 11.6 Å². The lowest BCUT2D eigenvalue weighted by Gasteiger charge is -2.06. The van der Waals surface area contributed by atoms with Crippen molar-refractivity contribution in [3.8, 4) is 0 Å². The molecule has 13 heavy (non-hydrogen) atoms. The molecule has 0 heterocycles. The maximum absolute atomic E-state index is 10.2. The van der Waals surface area contributed by atoms with E-state index in [1.165, 1.54) is 6.08 Å². The highest BCUT2D eigenvalue weighted by molar-refractivity contribution is 7.99. The fourth-order valence-corrected chi connectivity index (χ4v) is 1.76. The molecule has 1 unspecified atom stereocenters. The van der Waals surface area contributed by atoms with Gasteiger partial charge in [-0.1, -0.05) is 12.5 Å². The van der Waals surface area contributed by atoms with Crippen LogP contribution in [0, 0.1) is 5.92 Å². The van der Waals surface area contributed by atoms with Gasteiger partial charge in [0.1, 0.15) is 0 Å². The van der Waals surface area contributed by atoms with Gasteiger partial charge < -0.3 is 10.2 Å². The van der Waals surface area contributed by atoms with Gasteiger partial charge in [0.15, 0.2) is 0 Å². The number of carbonyl (C=O) groups is 1. The zero-order chi connectivity index (χ0) is 10.3. The van der Waals surface area contributed by atoms with E-state index in [1.807, 2.05) is 6.92 Å². The van der Waals surface area contributed by atoms with Crippen LogP contribution in [0.3, 0.4) is 0 Å². The van der Waals surface area contributed by atoms with Crippen molar-refractivity contribution in [1.82, 2.24) is 0 Å². The van der Waals surface area contributed by atoms with E-state index >= 15 is 0 Å². The minimum absolute atomic E-state index is 0.189. The van der Waals surface area contributed by atoms with Crippen molar-refractivity contribution >= 4 is 17.7 Å². The molecule has 0 aliphatic rings. The van der Waals surface area contributed by atoms with Gasteiger partial charge >= 0.3 is 5.97 Å². The normalized spacial score (nSPS) is 14.2. The molecule has 0 spiro atoms. The Balaban J connectivity index is 3.59. The number of carboxylic acids is 1. The maximum Gasteiger partial charge on any atom is 0.328 e. The molecule has 3 nitrogen and oxygen atoms in total. The Morgan fingerprint density at radius 2 is 2.23 bits per heavy atom. The highest BCUT2D eigenvalue weighted by atomic mass is 32.2. The maximum atomic E-state index is 10.2. The number of hydrogen-bond donors (Lipinski definition) is 2. The average Bonchev–Trinajstić information content (AvgIpc) is 2.02. The van der Waals surface area contributed by atoms with Gasteiger partial charge in [-0.15, -0.1) is 0 Å². The van der Waals surface area contributed by atoms with Crippen LogP contribution >= 0.6 is 11.8 Å². The van der Waals surface area contributed by atoms with Crippen LogP contribution in [0.15, 0.2) is 11.6 Å². The second-order valence-corrected chi connectivity index (χ2v) is 4.16. The lowest BCUT2D eigenvalue weighted by atomic mass is 10.2. The van der Waals surface area contributed by atoms with Crippen molar-refractivity contribution in [1.29, 1.82) is 0 Å². The molecule has 0 radical (unpaired) electrons. The lowest BCUT2D eigenvalue weighted by molar-refractivity contribution is -0.131. The lowest BCUT2D eigenvalue weighted by Crippen LogP contribution is -2.04. The van der Waals surface area contributed by atoms with E-state index < -0.39 is 5.97 Å². The van der Waals surface area contributed by atoms with Crippen LogP contribution in [-0.4, -0.2) is 34.3 Å². The van der Waals surface area contributed by atoms with E-state index in [9.17, 15) is 4.79 Å². The monoisotopic (exact) mass is 204 g/mol. The van der Waals surface area contributed by atoms with Gasteiger partial charge in [0.05, 0.1) is 0 Å². The fraction of sp³-hybridized carbons (Fsp3) is 0.667. The summed E-state index contributed by atoms with van der Waals surface area (Å²) >= 11 is 1.64. The van der Waals surface area contributed by atoms with Crippen molar-refractivity contribution in [2.75, 3.05) is 18.1 Å². The number of aliphatic hydroxyl groups excluding tert-OH is 1. The first-order valence-electron chi connectivity index (χ1n) is 4.15. The predicted molar refractivity (Wildman–Crippen MR) is 55.0 cm³/mol. The van der Waals surface area contributed by atoms with Crippen LogP contribution in [0.2, 0.25) is 0 Å². The zero-order valence-corrected chi connectivity index (χ0v) is 8.80. The molecular formula is C9H16O3S. The summed E-state index contributed by atoms with van der Waals surface area (Å²) in [5.41, 5.74) is 0.850.